The summed E-state index contributed by atoms with van der Waals surface area (Å²) in [6.07, 6.45) is 0. The van der Waals surface area contributed by atoms with E-state index in [1.807, 2.05) is 12.1 Å². The number of benzene rings is 1. The lowest BCUT2D eigenvalue weighted by Crippen LogP contribution is -2.05. The van der Waals surface area contributed by atoms with Gasteiger partial charge in [0.2, 0.25) is 0 Å². The standard InChI is InChI=1S/C10H6BrClN2O/c11-7-5-6(1-2-8(7)12)9-3-4-10(15)14-13-9/h1-5H,(H,14,15). The molecular weight excluding hydrogens is 279 g/mol. The molecule has 76 valence electrons. The third-order valence-corrected chi connectivity index (χ3v) is 3.11. The number of nitrogens with zero attached hydrogens (tertiary/aromatic N) is 1. The molecule has 0 amide bonds. The molecule has 15 heavy (non-hydrogen) atoms. The van der Waals surface area contributed by atoms with Crippen LogP contribution >= 0.6 is 27.5 Å². The Hall–Kier alpha value is -1.13. The lowest BCUT2D eigenvalue weighted by molar-refractivity contribution is 0.995. The van der Waals surface area contributed by atoms with E-state index in [0.717, 1.165) is 10.0 Å². The third-order valence-electron chi connectivity index (χ3n) is 1.89. The smallest absolute Gasteiger partial charge is 0.264 e. The van der Waals surface area contributed by atoms with Gasteiger partial charge in [-0.15, -0.1) is 0 Å². The molecule has 0 aliphatic heterocycles. The van der Waals surface area contributed by atoms with Crippen LogP contribution in [-0.2, 0) is 0 Å². The normalized spacial score (nSPS) is 10.3. The van der Waals surface area contributed by atoms with Crippen LogP contribution in [0, 0.1) is 0 Å². The van der Waals surface area contributed by atoms with Crippen LogP contribution in [-0.4, -0.2) is 10.2 Å². The third kappa shape index (κ3) is 2.27. The topological polar surface area (TPSA) is 45.8 Å². The molecule has 2 aromatic rings. The highest BCUT2D eigenvalue weighted by molar-refractivity contribution is 9.10. The number of rotatable bonds is 1. The first-order chi connectivity index (χ1) is 7.16. The Morgan fingerprint density at radius 1 is 1.27 bits per heavy atom. The highest BCUT2D eigenvalue weighted by Crippen LogP contribution is 2.27. The second-order valence-corrected chi connectivity index (χ2v) is 4.20. The van der Waals surface area contributed by atoms with Gasteiger partial charge in [0.15, 0.2) is 0 Å². The fourth-order valence-electron chi connectivity index (χ4n) is 1.16. The Morgan fingerprint density at radius 2 is 2.07 bits per heavy atom. The van der Waals surface area contributed by atoms with Gasteiger partial charge in [0.25, 0.3) is 5.56 Å². The second kappa shape index (κ2) is 4.16. The van der Waals surface area contributed by atoms with E-state index in [-0.39, 0.29) is 5.56 Å². The number of nitrogens with one attached hydrogen (secondary N) is 1. The zero-order valence-corrected chi connectivity index (χ0v) is 9.84. The molecule has 0 fully saturated rings. The molecule has 0 unspecified atom stereocenters. The van der Waals surface area contributed by atoms with Crippen molar-refractivity contribution >= 4 is 27.5 Å². The Labute approximate surface area is 99.2 Å². The molecule has 0 saturated carbocycles. The number of aromatic amines is 1. The van der Waals surface area contributed by atoms with Gasteiger partial charge in [0.05, 0.1) is 10.7 Å². The van der Waals surface area contributed by atoms with Crippen LogP contribution in [0.4, 0.5) is 0 Å². The summed E-state index contributed by atoms with van der Waals surface area (Å²) in [5, 5.41) is 6.94. The van der Waals surface area contributed by atoms with Crippen LogP contribution in [0.15, 0.2) is 39.6 Å². The molecule has 5 heteroatoms. The van der Waals surface area contributed by atoms with E-state index in [1.54, 1.807) is 12.1 Å². The molecule has 0 atom stereocenters. The lowest BCUT2D eigenvalue weighted by Gasteiger charge is -2.01. The molecule has 2 rings (SSSR count). The van der Waals surface area contributed by atoms with Gasteiger partial charge in [0, 0.05) is 16.1 Å². The van der Waals surface area contributed by atoms with Crippen molar-refractivity contribution in [2.24, 2.45) is 0 Å². The van der Waals surface area contributed by atoms with Crippen molar-refractivity contribution < 1.29 is 0 Å². The molecule has 0 spiro atoms. The van der Waals surface area contributed by atoms with E-state index in [0.29, 0.717) is 10.7 Å². The average molecular weight is 286 g/mol. The first-order valence-corrected chi connectivity index (χ1v) is 5.35. The molecule has 1 aromatic heterocycles. The quantitative estimate of drug-likeness (QED) is 0.876. The van der Waals surface area contributed by atoms with E-state index < -0.39 is 0 Å². The van der Waals surface area contributed by atoms with Crippen LogP contribution in [0.5, 0.6) is 0 Å². The van der Waals surface area contributed by atoms with Gasteiger partial charge in [-0.3, -0.25) is 4.79 Å². The van der Waals surface area contributed by atoms with Crippen molar-refractivity contribution in [3.63, 3.8) is 0 Å². The van der Waals surface area contributed by atoms with Crippen molar-refractivity contribution in [2.45, 2.75) is 0 Å². The van der Waals surface area contributed by atoms with Gasteiger partial charge >= 0.3 is 0 Å². The first kappa shape index (κ1) is 10.4. The number of halogens is 2. The number of hydrogen-bond donors (Lipinski definition) is 1. The predicted molar refractivity (Wildman–Crippen MR) is 63.0 cm³/mol. The largest absolute Gasteiger partial charge is 0.268 e. The number of H-pyrrole nitrogens is 1. The van der Waals surface area contributed by atoms with Gasteiger partial charge < -0.3 is 0 Å². The summed E-state index contributed by atoms with van der Waals surface area (Å²) < 4.78 is 0.801. The molecule has 0 radical (unpaired) electrons. The zero-order valence-electron chi connectivity index (χ0n) is 7.50. The summed E-state index contributed by atoms with van der Waals surface area (Å²) in [7, 11) is 0. The fraction of sp³-hybridized carbons (Fsp3) is 0. The minimum Gasteiger partial charge on any atom is -0.268 e. The van der Waals surface area contributed by atoms with Crippen LogP contribution < -0.4 is 5.56 Å². The monoisotopic (exact) mass is 284 g/mol. The fourth-order valence-corrected chi connectivity index (χ4v) is 1.66. The Morgan fingerprint density at radius 3 is 2.67 bits per heavy atom. The van der Waals surface area contributed by atoms with Crippen LogP contribution in [0.1, 0.15) is 0 Å². The first-order valence-electron chi connectivity index (χ1n) is 4.18. The Kier molecular flexibility index (Phi) is 2.88. The van der Waals surface area contributed by atoms with Crippen molar-refractivity contribution in [2.75, 3.05) is 0 Å². The summed E-state index contributed by atoms with van der Waals surface area (Å²) in [5.74, 6) is 0. The van der Waals surface area contributed by atoms with Gasteiger partial charge in [-0.1, -0.05) is 17.7 Å². The molecule has 1 heterocycles. The summed E-state index contributed by atoms with van der Waals surface area (Å²) in [4.78, 5) is 10.8. The van der Waals surface area contributed by atoms with Gasteiger partial charge in [0.1, 0.15) is 0 Å². The molecular formula is C10H6BrClN2O. The predicted octanol–water partition coefficient (Wildman–Crippen LogP) is 2.85. The maximum Gasteiger partial charge on any atom is 0.264 e. The highest BCUT2D eigenvalue weighted by Gasteiger charge is 2.02. The molecule has 3 nitrogen and oxygen atoms in total. The van der Waals surface area contributed by atoms with E-state index >= 15 is 0 Å². The van der Waals surface area contributed by atoms with E-state index in [4.69, 9.17) is 11.6 Å². The van der Waals surface area contributed by atoms with Crippen molar-refractivity contribution in [3.05, 3.63) is 50.2 Å². The summed E-state index contributed by atoms with van der Waals surface area (Å²) in [6.45, 7) is 0. The average Bonchev–Trinajstić information content (AvgIpc) is 2.23. The summed E-state index contributed by atoms with van der Waals surface area (Å²) >= 11 is 9.19. The Bertz CT molecular complexity index is 533. The van der Waals surface area contributed by atoms with Gasteiger partial charge in [-0.05, 0) is 34.1 Å². The maximum absolute atomic E-state index is 10.8. The van der Waals surface area contributed by atoms with Crippen molar-refractivity contribution in [1.82, 2.24) is 10.2 Å². The summed E-state index contributed by atoms with van der Waals surface area (Å²) in [5.41, 5.74) is 1.38. The number of aromatic nitrogens is 2. The van der Waals surface area contributed by atoms with Crippen LogP contribution in [0.25, 0.3) is 11.3 Å². The van der Waals surface area contributed by atoms with Crippen LogP contribution in [0.3, 0.4) is 0 Å². The minimum absolute atomic E-state index is 0.216. The van der Waals surface area contributed by atoms with Gasteiger partial charge in [-0.2, -0.15) is 5.10 Å². The molecule has 0 aliphatic carbocycles. The maximum atomic E-state index is 10.8. The van der Waals surface area contributed by atoms with Crippen LogP contribution in [0.2, 0.25) is 5.02 Å². The molecule has 0 aliphatic rings. The minimum atomic E-state index is -0.216. The second-order valence-electron chi connectivity index (χ2n) is 2.94. The zero-order chi connectivity index (χ0) is 10.8. The summed E-state index contributed by atoms with van der Waals surface area (Å²) in [6, 6.07) is 8.56. The SMILES string of the molecule is O=c1ccc(-c2ccc(Cl)c(Br)c2)n[nH]1. The Balaban J connectivity index is 2.50. The van der Waals surface area contributed by atoms with E-state index in [1.165, 1.54) is 6.07 Å². The number of hydrogen-bond acceptors (Lipinski definition) is 2. The van der Waals surface area contributed by atoms with Crippen molar-refractivity contribution in [1.29, 1.82) is 0 Å². The molecule has 0 saturated heterocycles. The molecule has 1 N–H and O–H groups in total. The van der Waals surface area contributed by atoms with E-state index in [2.05, 4.69) is 26.1 Å². The van der Waals surface area contributed by atoms with Crippen molar-refractivity contribution in [3.8, 4) is 11.3 Å². The highest BCUT2D eigenvalue weighted by atomic mass is 79.9. The molecule has 1 aromatic carbocycles. The van der Waals surface area contributed by atoms with E-state index in [9.17, 15) is 4.79 Å². The lowest BCUT2D eigenvalue weighted by atomic mass is 10.1. The molecule has 0 bridgehead atoms. The van der Waals surface area contributed by atoms with Gasteiger partial charge in [-0.25, -0.2) is 5.10 Å².